The van der Waals surface area contributed by atoms with Crippen LogP contribution in [0.2, 0.25) is 0 Å². The molecule has 0 bridgehead atoms. The zero-order chi connectivity index (χ0) is 19.9. The van der Waals surface area contributed by atoms with Crippen molar-refractivity contribution in [2.24, 2.45) is 4.99 Å². The Morgan fingerprint density at radius 3 is 2.97 bits per heavy atom. The molecular weight excluding hydrogens is 488 g/mol. The van der Waals surface area contributed by atoms with Crippen LogP contribution < -0.4 is 15.5 Å². The Morgan fingerprint density at radius 1 is 1.45 bits per heavy atom. The molecule has 0 aromatic carbocycles. The third-order valence-corrected chi connectivity index (χ3v) is 4.65. The molecule has 0 amide bonds. The van der Waals surface area contributed by atoms with Crippen molar-refractivity contribution in [2.45, 2.75) is 45.1 Å². The van der Waals surface area contributed by atoms with Gasteiger partial charge in [0.05, 0.1) is 0 Å². The molecular formula is C19H29FIN7O. The van der Waals surface area contributed by atoms with Crippen molar-refractivity contribution < 1.29 is 8.91 Å². The van der Waals surface area contributed by atoms with Crippen molar-refractivity contribution in [2.75, 3.05) is 31.6 Å². The molecule has 1 unspecified atom stereocenters. The summed E-state index contributed by atoms with van der Waals surface area (Å²) in [5.74, 6) is 2.54. The van der Waals surface area contributed by atoms with Gasteiger partial charge < -0.3 is 20.1 Å². The second-order valence-corrected chi connectivity index (χ2v) is 7.19. The summed E-state index contributed by atoms with van der Waals surface area (Å²) < 4.78 is 19.2. The minimum atomic E-state index is -0.285. The number of guanidine groups is 1. The number of pyridine rings is 1. The maximum absolute atomic E-state index is 13.9. The van der Waals surface area contributed by atoms with Gasteiger partial charge in [0.2, 0.25) is 5.89 Å². The first-order valence-corrected chi connectivity index (χ1v) is 9.72. The number of hydrogen-bond donors (Lipinski definition) is 2. The van der Waals surface area contributed by atoms with Gasteiger partial charge >= 0.3 is 0 Å². The van der Waals surface area contributed by atoms with Crippen molar-refractivity contribution in [1.82, 2.24) is 25.8 Å². The summed E-state index contributed by atoms with van der Waals surface area (Å²) in [4.78, 5) is 14.8. The van der Waals surface area contributed by atoms with Gasteiger partial charge in [0.1, 0.15) is 0 Å². The van der Waals surface area contributed by atoms with Crippen LogP contribution in [0, 0.1) is 5.82 Å². The van der Waals surface area contributed by atoms with Crippen molar-refractivity contribution >= 4 is 35.8 Å². The molecule has 2 aromatic heterocycles. The van der Waals surface area contributed by atoms with E-state index in [1.54, 1.807) is 19.3 Å². The molecule has 160 valence electrons. The fraction of sp³-hybridized carbons (Fsp3) is 0.579. The van der Waals surface area contributed by atoms with Gasteiger partial charge in [-0.2, -0.15) is 4.98 Å². The standard InChI is InChI=1S/C19H28FN7O.HI/c1-13(2)17-25-16(28-26-17)7-5-10-23-19(21-3)24-14-8-11-27(12-14)18-15(20)6-4-9-22-18;/h4,6,9,13-14H,5,7-8,10-12H2,1-3H3,(H2,21,23,24);1H. The summed E-state index contributed by atoms with van der Waals surface area (Å²) in [5, 5.41) is 10.7. The molecule has 3 rings (SSSR count). The van der Waals surface area contributed by atoms with Gasteiger partial charge in [-0.15, -0.1) is 24.0 Å². The topological polar surface area (TPSA) is 91.5 Å². The van der Waals surface area contributed by atoms with Crippen molar-refractivity contribution in [3.63, 3.8) is 0 Å². The van der Waals surface area contributed by atoms with Crippen LogP contribution in [0.1, 0.15) is 44.3 Å². The number of nitrogens with one attached hydrogen (secondary N) is 2. The van der Waals surface area contributed by atoms with E-state index in [9.17, 15) is 4.39 Å². The van der Waals surface area contributed by atoms with Crippen LogP contribution in [-0.2, 0) is 6.42 Å². The van der Waals surface area contributed by atoms with Gasteiger partial charge in [0.15, 0.2) is 23.4 Å². The SMILES string of the molecule is CN=C(NCCCc1nc(C(C)C)no1)NC1CCN(c2ncccc2F)C1.I. The van der Waals surface area contributed by atoms with Crippen molar-refractivity contribution in [3.05, 3.63) is 35.9 Å². The second-order valence-electron chi connectivity index (χ2n) is 7.19. The predicted octanol–water partition coefficient (Wildman–Crippen LogP) is 2.72. The quantitative estimate of drug-likeness (QED) is 0.253. The first kappa shape index (κ1) is 23.3. The third kappa shape index (κ3) is 6.51. The van der Waals surface area contributed by atoms with Gasteiger partial charge in [-0.1, -0.05) is 19.0 Å². The van der Waals surface area contributed by atoms with E-state index < -0.39 is 0 Å². The van der Waals surface area contributed by atoms with E-state index in [0.29, 0.717) is 18.3 Å². The van der Waals surface area contributed by atoms with Crippen molar-refractivity contribution in [3.8, 4) is 0 Å². The van der Waals surface area contributed by atoms with Gasteiger partial charge in [0.25, 0.3) is 0 Å². The maximum Gasteiger partial charge on any atom is 0.226 e. The molecule has 1 atom stereocenters. The number of aromatic nitrogens is 3. The fourth-order valence-electron chi connectivity index (χ4n) is 3.12. The third-order valence-electron chi connectivity index (χ3n) is 4.65. The molecule has 0 radical (unpaired) electrons. The molecule has 1 saturated heterocycles. The molecule has 2 N–H and O–H groups in total. The van der Waals surface area contributed by atoms with Gasteiger partial charge in [-0.05, 0) is 25.0 Å². The number of anilines is 1. The number of hydrogen-bond acceptors (Lipinski definition) is 6. The zero-order valence-corrected chi connectivity index (χ0v) is 19.4. The molecule has 10 heteroatoms. The lowest BCUT2D eigenvalue weighted by Crippen LogP contribution is -2.45. The minimum absolute atomic E-state index is 0. The van der Waals surface area contributed by atoms with Crippen LogP contribution in [0.4, 0.5) is 10.2 Å². The minimum Gasteiger partial charge on any atom is -0.356 e. The summed E-state index contributed by atoms with van der Waals surface area (Å²) in [6, 6.07) is 3.24. The van der Waals surface area contributed by atoms with Crippen LogP contribution >= 0.6 is 24.0 Å². The van der Waals surface area contributed by atoms with Crippen molar-refractivity contribution in [1.29, 1.82) is 0 Å². The summed E-state index contributed by atoms with van der Waals surface area (Å²) >= 11 is 0. The number of nitrogens with zero attached hydrogens (tertiary/aromatic N) is 5. The number of aliphatic imine (C=N–C) groups is 1. The highest BCUT2D eigenvalue weighted by molar-refractivity contribution is 14.0. The zero-order valence-electron chi connectivity index (χ0n) is 17.1. The van der Waals surface area contributed by atoms with Crippen LogP contribution in [0.3, 0.4) is 0 Å². The first-order valence-electron chi connectivity index (χ1n) is 9.72. The molecule has 1 fully saturated rings. The molecule has 2 aromatic rings. The number of rotatable bonds is 7. The van der Waals surface area contributed by atoms with Crippen LogP contribution in [0.15, 0.2) is 27.8 Å². The highest BCUT2D eigenvalue weighted by Crippen LogP contribution is 2.20. The lowest BCUT2D eigenvalue weighted by molar-refractivity contribution is 0.368. The molecule has 1 aliphatic rings. The molecule has 0 spiro atoms. The molecule has 29 heavy (non-hydrogen) atoms. The monoisotopic (exact) mass is 517 g/mol. The Morgan fingerprint density at radius 2 is 2.28 bits per heavy atom. The van der Waals surface area contributed by atoms with Crippen LogP contribution in [0.5, 0.6) is 0 Å². The molecule has 3 heterocycles. The molecule has 8 nitrogen and oxygen atoms in total. The largest absolute Gasteiger partial charge is 0.356 e. The summed E-state index contributed by atoms with van der Waals surface area (Å²) in [6.07, 6.45) is 4.10. The smallest absolute Gasteiger partial charge is 0.226 e. The lowest BCUT2D eigenvalue weighted by Gasteiger charge is -2.19. The Bertz CT molecular complexity index is 798. The number of halogens is 2. The normalized spacial score (nSPS) is 16.8. The maximum atomic E-state index is 13.9. The summed E-state index contributed by atoms with van der Waals surface area (Å²) in [6.45, 7) is 6.27. The molecule has 1 aliphatic heterocycles. The Balaban J connectivity index is 0.00000300. The average molecular weight is 517 g/mol. The van der Waals surface area contributed by atoms with E-state index >= 15 is 0 Å². The van der Waals surface area contributed by atoms with E-state index in [1.165, 1.54) is 6.07 Å². The van der Waals surface area contributed by atoms with E-state index in [2.05, 4.69) is 30.8 Å². The first-order chi connectivity index (χ1) is 13.6. The van der Waals surface area contributed by atoms with E-state index in [-0.39, 0.29) is 41.8 Å². The molecule has 0 saturated carbocycles. The highest BCUT2D eigenvalue weighted by Gasteiger charge is 2.25. The van der Waals surface area contributed by atoms with E-state index in [4.69, 9.17) is 4.52 Å². The Hall–Kier alpha value is -1.98. The summed E-state index contributed by atoms with van der Waals surface area (Å²) in [5.41, 5.74) is 0. The highest BCUT2D eigenvalue weighted by atomic mass is 127. The lowest BCUT2D eigenvalue weighted by atomic mass is 10.2. The van der Waals surface area contributed by atoms with Gasteiger partial charge in [0, 0.05) is 51.3 Å². The van der Waals surface area contributed by atoms with E-state index in [1.807, 2.05) is 18.7 Å². The fourth-order valence-corrected chi connectivity index (χ4v) is 3.12. The predicted molar refractivity (Wildman–Crippen MR) is 121 cm³/mol. The van der Waals surface area contributed by atoms with Gasteiger partial charge in [-0.3, -0.25) is 4.99 Å². The number of aryl methyl sites for hydroxylation is 1. The van der Waals surface area contributed by atoms with Crippen LogP contribution in [-0.4, -0.2) is 53.8 Å². The van der Waals surface area contributed by atoms with E-state index in [0.717, 1.165) is 44.1 Å². The second kappa shape index (κ2) is 11.3. The summed E-state index contributed by atoms with van der Waals surface area (Å²) in [7, 11) is 1.74. The Labute approximate surface area is 187 Å². The van der Waals surface area contributed by atoms with Gasteiger partial charge in [-0.25, -0.2) is 9.37 Å². The molecule has 0 aliphatic carbocycles. The van der Waals surface area contributed by atoms with Crippen LogP contribution in [0.25, 0.3) is 0 Å². The average Bonchev–Trinajstić information content (AvgIpc) is 3.34. The Kier molecular flexibility index (Phi) is 9.05.